The van der Waals surface area contributed by atoms with Crippen LogP contribution in [0.5, 0.6) is 0 Å². The van der Waals surface area contributed by atoms with Crippen LogP contribution in [0.2, 0.25) is 0 Å². The van der Waals surface area contributed by atoms with Gasteiger partial charge in [0.1, 0.15) is 5.60 Å². The monoisotopic (exact) mass is 451 g/mol. The van der Waals surface area contributed by atoms with Crippen molar-refractivity contribution >= 4 is 12.3 Å². The lowest BCUT2D eigenvalue weighted by atomic mass is 9.40. The van der Waals surface area contributed by atoms with Crippen LogP contribution >= 0.6 is 0 Å². The van der Waals surface area contributed by atoms with Gasteiger partial charge in [-0.1, -0.05) is 20.8 Å². The molecular weight excluding hydrogens is 410 g/mol. The molecule has 0 spiro atoms. The minimum absolute atomic E-state index is 0.0444. The Morgan fingerprint density at radius 3 is 2.56 bits per heavy atom. The van der Waals surface area contributed by atoms with Crippen LogP contribution in [0.1, 0.15) is 78.6 Å². The number of rotatable bonds is 5. The van der Waals surface area contributed by atoms with Gasteiger partial charge in [0.05, 0.1) is 12.2 Å². The fourth-order valence-corrected chi connectivity index (χ4v) is 9.00. The molecule has 4 rings (SSSR count). The van der Waals surface area contributed by atoms with Crippen LogP contribution in [0, 0.1) is 46.3 Å². The summed E-state index contributed by atoms with van der Waals surface area (Å²) in [5.41, 5.74) is -2.21. The lowest BCUT2D eigenvalue weighted by Crippen LogP contribution is -2.67. The number of aliphatic hydroxyl groups is 3. The van der Waals surface area contributed by atoms with E-state index in [4.69, 9.17) is 5.90 Å². The highest BCUT2D eigenvalue weighted by molar-refractivity contribution is 5.69. The molecular formula is C25H41NO6. The Kier molecular flexibility index (Phi) is 6.28. The average molecular weight is 452 g/mol. The van der Waals surface area contributed by atoms with Gasteiger partial charge in [-0.25, -0.2) is 0 Å². The second kappa shape index (κ2) is 8.33. The van der Waals surface area contributed by atoms with Gasteiger partial charge in [0.15, 0.2) is 6.29 Å². The van der Waals surface area contributed by atoms with E-state index in [0.29, 0.717) is 25.7 Å². The van der Waals surface area contributed by atoms with Crippen LogP contribution in [-0.2, 0) is 14.4 Å². The van der Waals surface area contributed by atoms with E-state index >= 15 is 0 Å². The van der Waals surface area contributed by atoms with Gasteiger partial charge >= 0.3 is 5.97 Å². The number of carbonyl (C=O) groups is 2. The van der Waals surface area contributed by atoms with Crippen molar-refractivity contribution in [1.29, 1.82) is 0 Å². The van der Waals surface area contributed by atoms with Crippen molar-refractivity contribution in [1.82, 2.24) is 0 Å². The molecule has 5 N–H and O–H groups in total. The number of fused-ring (bicyclic) bond motifs is 5. The molecule has 4 fully saturated rings. The summed E-state index contributed by atoms with van der Waals surface area (Å²) in [5, 5.41) is 33.5. The molecule has 32 heavy (non-hydrogen) atoms. The van der Waals surface area contributed by atoms with E-state index in [-0.39, 0.29) is 53.4 Å². The highest BCUT2D eigenvalue weighted by Crippen LogP contribution is 2.70. The van der Waals surface area contributed by atoms with Crippen LogP contribution in [0.4, 0.5) is 0 Å². The maximum Gasteiger partial charge on any atom is 0.324 e. The van der Waals surface area contributed by atoms with E-state index in [1.807, 2.05) is 6.92 Å². The van der Waals surface area contributed by atoms with Crippen molar-refractivity contribution in [2.75, 3.05) is 0 Å². The summed E-state index contributed by atoms with van der Waals surface area (Å²) < 4.78 is 0. The van der Waals surface area contributed by atoms with Crippen molar-refractivity contribution in [3.8, 4) is 0 Å². The predicted molar refractivity (Wildman–Crippen MR) is 118 cm³/mol. The molecule has 0 unspecified atom stereocenters. The Bertz CT molecular complexity index is 746. The van der Waals surface area contributed by atoms with E-state index in [1.165, 1.54) is 0 Å². The molecule has 0 amide bonds. The summed E-state index contributed by atoms with van der Waals surface area (Å²) in [6.07, 6.45) is 5.84. The van der Waals surface area contributed by atoms with Crippen LogP contribution in [0.3, 0.4) is 0 Å². The molecule has 4 aliphatic carbocycles. The molecule has 0 bridgehead atoms. The molecule has 0 aromatic rings. The largest absolute Gasteiger partial charge is 0.393 e. The average Bonchev–Trinajstić information content (AvgIpc) is 3.12. The quantitative estimate of drug-likeness (QED) is 0.373. The maximum atomic E-state index is 12.5. The molecule has 0 aromatic carbocycles. The zero-order valence-electron chi connectivity index (χ0n) is 19.7. The van der Waals surface area contributed by atoms with Crippen molar-refractivity contribution in [2.24, 2.45) is 52.2 Å². The second-order valence-corrected chi connectivity index (χ2v) is 11.9. The number of carbonyl (C=O) groups excluding carboxylic acids is 2. The maximum absolute atomic E-state index is 12.5. The van der Waals surface area contributed by atoms with Gasteiger partial charge in [-0.3, -0.25) is 4.79 Å². The van der Waals surface area contributed by atoms with Gasteiger partial charge in [0, 0.05) is 11.8 Å². The molecule has 4 saturated carbocycles. The Morgan fingerprint density at radius 2 is 1.91 bits per heavy atom. The molecule has 182 valence electrons. The number of aliphatic hydroxyl groups excluding tert-OH is 2. The van der Waals surface area contributed by atoms with Crippen molar-refractivity contribution in [3.05, 3.63) is 0 Å². The number of hydrogen-bond acceptors (Lipinski definition) is 7. The SMILES string of the molecule is C[C@H](CCC(=O)ON)[C@H]1CC[C@H]2[C@@H]3[C@H](O)C[C@@H]4C[C@H](O)CC[C@]4(C)[C@H]3C[C@@](O)(C=O)[C@]12C. The van der Waals surface area contributed by atoms with E-state index < -0.39 is 23.1 Å². The lowest BCUT2D eigenvalue weighted by molar-refractivity contribution is -0.235. The van der Waals surface area contributed by atoms with Crippen LogP contribution in [0.25, 0.3) is 0 Å². The first-order valence-corrected chi connectivity index (χ1v) is 12.5. The predicted octanol–water partition coefficient (Wildman–Crippen LogP) is 2.35. The number of nitrogens with two attached hydrogens (primary N) is 1. The molecule has 0 radical (unpaired) electrons. The molecule has 7 nitrogen and oxygen atoms in total. The van der Waals surface area contributed by atoms with Crippen molar-refractivity contribution in [3.63, 3.8) is 0 Å². The zero-order valence-corrected chi connectivity index (χ0v) is 19.7. The first-order chi connectivity index (χ1) is 15.0. The number of hydrogen-bond donors (Lipinski definition) is 4. The second-order valence-electron chi connectivity index (χ2n) is 11.9. The van der Waals surface area contributed by atoms with Gasteiger partial charge in [-0.05, 0) is 92.3 Å². The van der Waals surface area contributed by atoms with Crippen LogP contribution in [-0.4, -0.2) is 45.4 Å². The van der Waals surface area contributed by atoms with Gasteiger partial charge in [-0.2, -0.15) is 5.90 Å². The first kappa shape index (κ1) is 24.1. The summed E-state index contributed by atoms with van der Waals surface area (Å²) in [6, 6.07) is 0. The molecule has 7 heteroatoms. The van der Waals surface area contributed by atoms with Gasteiger partial charge in [-0.15, -0.1) is 0 Å². The van der Waals surface area contributed by atoms with Crippen molar-refractivity contribution in [2.45, 2.75) is 96.4 Å². The summed E-state index contributed by atoms with van der Waals surface area (Å²) in [5.74, 6) is 5.08. The summed E-state index contributed by atoms with van der Waals surface area (Å²) in [6.45, 7) is 6.38. The van der Waals surface area contributed by atoms with Gasteiger partial charge in [0.25, 0.3) is 0 Å². The van der Waals surface area contributed by atoms with E-state index in [0.717, 1.165) is 32.0 Å². The molecule has 0 saturated heterocycles. The highest BCUT2D eigenvalue weighted by atomic mass is 16.7. The molecule has 0 aromatic heterocycles. The normalized spacial score (nSPS) is 51.2. The Balaban J connectivity index is 1.67. The Morgan fingerprint density at radius 1 is 1.19 bits per heavy atom. The van der Waals surface area contributed by atoms with Crippen molar-refractivity contribution < 1.29 is 29.7 Å². The van der Waals surface area contributed by atoms with E-state index in [2.05, 4.69) is 18.7 Å². The topological polar surface area (TPSA) is 130 Å². The Labute approximate surface area is 191 Å². The first-order valence-electron chi connectivity index (χ1n) is 12.5. The Hall–Kier alpha value is -1.02. The summed E-state index contributed by atoms with van der Waals surface area (Å²) >= 11 is 0. The standard InChI is InChI=1S/C25H41NO6/c1-14(4-7-21(30)32-26)17-5-6-18-22-19(12-25(31,13-27)24(17,18)3)23(2)9-8-16(28)10-15(23)11-20(22)29/h13-20,22,28-29,31H,4-12,26H2,1-3H3/t14-,15+,16-,17-,18+,19+,20-,22+,23+,24-,25-/m1/s1. The number of aldehydes is 1. The van der Waals surface area contributed by atoms with Crippen LogP contribution in [0.15, 0.2) is 0 Å². The fraction of sp³-hybridized carbons (Fsp3) is 0.920. The fourth-order valence-electron chi connectivity index (χ4n) is 9.00. The molecule has 11 atom stereocenters. The van der Waals surface area contributed by atoms with Crippen LogP contribution < -0.4 is 5.90 Å². The van der Waals surface area contributed by atoms with E-state index in [1.54, 1.807) is 0 Å². The summed E-state index contributed by atoms with van der Waals surface area (Å²) in [4.78, 5) is 28.5. The smallest absolute Gasteiger partial charge is 0.324 e. The lowest BCUT2D eigenvalue weighted by Gasteiger charge is -2.65. The minimum Gasteiger partial charge on any atom is -0.393 e. The zero-order chi connectivity index (χ0) is 23.5. The summed E-state index contributed by atoms with van der Waals surface area (Å²) in [7, 11) is 0. The molecule has 0 aliphatic heterocycles. The molecule has 4 aliphatic rings. The van der Waals surface area contributed by atoms with Gasteiger partial charge < -0.3 is 25.0 Å². The third-order valence-corrected chi connectivity index (χ3v) is 10.9. The van der Waals surface area contributed by atoms with Gasteiger partial charge in [0.2, 0.25) is 0 Å². The highest BCUT2D eigenvalue weighted by Gasteiger charge is 2.70. The third-order valence-electron chi connectivity index (χ3n) is 10.9. The minimum atomic E-state index is -1.47. The molecule has 0 heterocycles. The van der Waals surface area contributed by atoms with E-state index in [9.17, 15) is 24.9 Å². The third kappa shape index (κ3) is 3.38.